The van der Waals surface area contributed by atoms with Crippen LogP contribution in [0.15, 0.2) is 0 Å². The van der Waals surface area contributed by atoms with Crippen LogP contribution in [-0.4, -0.2) is 50.8 Å². The molecule has 4 atom stereocenters. The Bertz CT molecular complexity index is 272. The summed E-state index contributed by atoms with van der Waals surface area (Å²) < 4.78 is 5.35. The largest absolute Gasteiger partial charge is 0.382 e. The number of ether oxygens (including phenoxy) is 1. The first-order valence-corrected chi connectivity index (χ1v) is 8.69. The summed E-state index contributed by atoms with van der Waals surface area (Å²) in [6.07, 6.45) is 7.18. The minimum atomic E-state index is 0.640. The quantitative estimate of drug-likeness (QED) is 0.624. The van der Waals surface area contributed by atoms with Crippen molar-refractivity contribution in [3.63, 3.8) is 0 Å². The van der Waals surface area contributed by atoms with Crippen molar-refractivity contribution in [2.75, 3.05) is 39.9 Å². The Balaban J connectivity index is 1.54. The van der Waals surface area contributed by atoms with Crippen LogP contribution >= 0.6 is 0 Å². The van der Waals surface area contributed by atoms with E-state index in [0.29, 0.717) is 6.04 Å². The van der Waals surface area contributed by atoms with Gasteiger partial charge in [-0.3, -0.25) is 0 Å². The molecule has 0 heterocycles. The minimum Gasteiger partial charge on any atom is -0.382 e. The molecule has 2 aliphatic rings. The molecule has 0 aromatic heterocycles. The zero-order valence-corrected chi connectivity index (χ0v) is 13.7. The van der Waals surface area contributed by atoms with Gasteiger partial charge in [0.25, 0.3) is 0 Å². The van der Waals surface area contributed by atoms with Gasteiger partial charge in [-0.05, 0) is 70.9 Å². The predicted molar refractivity (Wildman–Crippen MR) is 85.0 cm³/mol. The highest BCUT2D eigenvalue weighted by Crippen LogP contribution is 2.48. The van der Waals surface area contributed by atoms with E-state index in [2.05, 4.69) is 31.1 Å². The minimum absolute atomic E-state index is 0.640. The third-order valence-electron chi connectivity index (χ3n) is 5.45. The van der Waals surface area contributed by atoms with E-state index in [1.807, 2.05) is 0 Å². The molecule has 0 saturated heterocycles. The molecule has 2 bridgehead atoms. The Morgan fingerprint density at radius 3 is 2.80 bits per heavy atom. The van der Waals surface area contributed by atoms with E-state index in [1.54, 1.807) is 0 Å². The molecule has 0 spiro atoms. The second-order valence-corrected chi connectivity index (χ2v) is 6.98. The number of hydrogen-bond donors (Lipinski definition) is 1. The van der Waals surface area contributed by atoms with Crippen molar-refractivity contribution in [2.24, 2.45) is 17.8 Å². The number of nitrogens with one attached hydrogen (secondary N) is 1. The van der Waals surface area contributed by atoms with Gasteiger partial charge in [0, 0.05) is 32.3 Å². The molecule has 2 rings (SSSR count). The molecule has 3 nitrogen and oxygen atoms in total. The van der Waals surface area contributed by atoms with Gasteiger partial charge < -0.3 is 15.0 Å². The zero-order chi connectivity index (χ0) is 14.4. The lowest BCUT2D eigenvalue weighted by atomic mass is 9.88. The number of hydrogen-bond acceptors (Lipinski definition) is 3. The summed E-state index contributed by atoms with van der Waals surface area (Å²) in [7, 11) is 2.30. The fourth-order valence-electron chi connectivity index (χ4n) is 4.06. The molecule has 3 heteroatoms. The van der Waals surface area contributed by atoms with Gasteiger partial charge in [0.1, 0.15) is 0 Å². The van der Waals surface area contributed by atoms with Gasteiger partial charge in [0.15, 0.2) is 0 Å². The van der Waals surface area contributed by atoms with E-state index >= 15 is 0 Å². The van der Waals surface area contributed by atoms with Crippen LogP contribution in [0.25, 0.3) is 0 Å². The Morgan fingerprint density at radius 2 is 2.15 bits per heavy atom. The first-order chi connectivity index (χ1) is 9.70. The van der Waals surface area contributed by atoms with Crippen LogP contribution in [0.4, 0.5) is 0 Å². The Morgan fingerprint density at radius 1 is 1.30 bits per heavy atom. The average Bonchev–Trinajstić information content (AvgIpc) is 3.04. The van der Waals surface area contributed by atoms with E-state index in [1.165, 1.54) is 32.2 Å². The van der Waals surface area contributed by atoms with Crippen LogP contribution in [0.2, 0.25) is 0 Å². The molecule has 118 valence electrons. The van der Waals surface area contributed by atoms with Crippen LogP contribution in [0.3, 0.4) is 0 Å². The van der Waals surface area contributed by atoms with Crippen LogP contribution < -0.4 is 5.32 Å². The first kappa shape index (κ1) is 16.3. The Labute approximate surface area is 125 Å². The first-order valence-electron chi connectivity index (χ1n) is 8.69. The molecule has 0 aliphatic heterocycles. The fraction of sp³-hybridized carbons (Fsp3) is 1.00. The van der Waals surface area contributed by atoms with Crippen LogP contribution in [0.1, 0.15) is 46.0 Å². The van der Waals surface area contributed by atoms with E-state index in [0.717, 1.165) is 50.5 Å². The third-order valence-corrected chi connectivity index (χ3v) is 5.45. The normalized spacial score (nSPS) is 30.3. The van der Waals surface area contributed by atoms with E-state index < -0.39 is 0 Å². The van der Waals surface area contributed by atoms with Crippen molar-refractivity contribution in [3.8, 4) is 0 Å². The second-order valence-electron chi connectivity index (χ2n) is 6.98. The maximum atomic E-state index is 5.35. The van der Waals surface area contributed by atoms with E-state index in [9.17, 15) is 0 Å². The molecular weight excluding hydrogens is 248 g/mol. The number of fused-ring (bicyclic) bond motifs is 2. The number of nitrogens with zero attached hydrogens (tertiary/aromatic N) is 1. The summed E-state index contributed by atoms with van der Waals surface area (Å²) >= 11 is 0. The van der Waals surface area contributed by atoms with E-state index in [-0.39, 0.29) is 0 Å². The summed E-state index contributed by atoms with van der Waals surface area (Å²) in [5.41, 5.74) is 0. The highest BCUT2D eigenvalue weighted by Gasteiger charge is 2.39. The summed E-state index contributed by atoms with van der Waals surface area (Å²) in [6.45, 7) is 9.61. The van der Waals surface area contributed by atoms with Gasteiger partial charge in [0.2, 0.25) is 0 Å². The average molecular weight is 282 g/mol. The van der Waals surface area contributed by atoms with Gasteiger partial charge in [-0.15, -0.1) is 0 Å². The molecule has 2 aliphatic carbocycles. The van der Waals surface area contributed by atoms with Crippen LogP contribution in [0.5, 0.6) is 0 Å². The molecule has 0 amide bonds. The van der Waals surface area contributed by atoms with Crippen molar-refractivity contribution in [1.29, 1.82) is 0 Å². The smallest absolute Gasteiger partial charge is 0.0477 e. The van der Waals surface area contributed by atoms with Crippen molar-refractivity contribution in [2.45, 2.75) is 52.0 Å². The molecule has 4 unspecified atom stereocenters. The lowest BCUT2D eigenvalue weighted by Gasteiger charge is -2.31. The van der Waals surface area contributed by atoms with Crippen molar-refractivity contribution in [1.82, 2.24) is 10.2 Å². The number of rotatable bonds is 10. The predicted octanol–water partition coefficient (Wildman–Crippen LogP) is 2.76. The standard InChI is InChI=1S/C17H34N2O/c1-4-20-9-5-8-18-12-14(2)19(3)13-17-11-15-6-7-16(17)10-15/h14-18H,4-13H2,1-3H3. The van der Waals surface area contributed by atoms with Gasteiger partial charge in [0.05, 0.1) is 0 Å². The van der Waals surface area contributed by atoms with Crippen molar-refractivity contribution < 1.29 is 4.74 Å². The molecule has 0 radical (unpaired) electrons. The maximum Gasteiger partial charge on any atom is 0.0477 e. The molecule has 2 saturated carbocycles. The van der Waals surface area contributed by atoms with Gasteiger partial charge >= 0.3 is 0 Å². The molecule has 0 aromatic rings. The van der Waals surface area contributed by atoms with Gasteiger partial charge in [-0.2, -0.15) is 0 Å². The van der Waals surface area contributed by atoms with Crippen molar-refractivity contribution >= 4 is 0 Å². The summed E-state index contributed by atoms with van der Waals surface area (Å²) in [5.74, 6) is 3.11. The molecule has 1 N–H and O–H groups in total. The fourth-order valence-corrected chi connectivity index (χ4v) is 4.06. The molecular formula is C17H34N2O. The van der Waals surface area contributed by atoms with Crippen LogP contribution in [-0.2, 0) is 4.74 Å². The second kappa shape index (κ2) is 8.35. The molecule has 0 aromatic carbocycles. The zero-order valence-electron chi connectivity index (χ0n) is 13.7. The van der Waals surface area contributed by atoms with Gasteiger partial charge in [-0.1, -0.05) is 6.42 Å². The topological polar surface area (TPSA) is 24.5 Å². The van der Waals surface area contributed by atoms with Crippen LogP contribution in [0, 0.1) is 17.8 Å². The van der Waals surface area contributed by atoms with E-state index in [4.69, 9.17) is 4.74 Å². The lowest BCUT2D eigenvalue weighted by molar-refractivity contribution is 0.143. The third kappa shape index (κ3) is 4.71. The highest BCUT2D eigenvalue weighted by molar-refractivity contribution is 4.91. The summed E-state index contributed by atoms with van der Waals surface area (Å²) in [6, 6.07) is 0.640. The monoisotopic (exact) mass is 282 g/mol. The SMILES string of the molecule is CCOCCCNCC(C)N(C)CC1CC2CCC1C2. The molecule has 2 fully saturated rings. The summed E-state index contributed by atoms with van der Waals surface area (Å²) in [5, 5.41) is 3.56. The molecule has 20 heavy (non-hydrogen) atoms. The lowest BCUT2D eigenvalue weighted by Crippen LogP contribution is -2.41. The van der Waals surface area contributed by atoms with Crippen molar-refractivity contribution in [3.05, 3.63) is 0 Å². The highest BCUT2D eigenvalue weighted by atomic mass is 16.5. The number of likely N-dealkylation sites (N-methyl/N-ethyl adjacent to an activating group) is 1. The summed E-state index contributed by atoms with van der Waals surface area (Å²) in [4.78, 5) is 2.57. The Kier molecular flexibility index (Phi) is 6.79. The maximum absolute atomic E-state index is 5.35. The Hall–Kier alpha value is -0.120. The van der Waals surface area contributed by atoms with Gasteiger partial charge in [-0.25, -0.2) is 0 Å².